The van der Waals surface area contributed by atoms with Gasteiger partial charge < -0.3 is 4.74 Å². The Morgan fingerprint density at radius 1 is 1.00 bits per heavy atom. The van der Waals surface area contributed by atoms with E-state index in [1.165, 1.54) is 23.1 Å². The van der Waals surface area contributed by atoms with E-state index in [1.807, 2.05) is 36.4 Å². The van der Waals surface area contributed by atoms with E-state index in [2.05, 4.69) is 19.9 Å². The summed E-state index contributed by atoms with van der Waals surface area (Å²) in [6.45, 7) is 4.19. The molecule has 0 radical (unpaired) electrons. The van der Waals surface area contributed by atoms with Crippen LogP contribution in [0.1, 0.15) is 40.8 Å². The van der Waals surface area contributed by atoms with Crippen molar-refractivity contribution in [3.05, 3.63) is 75.4 Å². The minimum absolute atomic E-state index is 0.719. The largest absolute Gasteiger partial charge is 0.438 e. The van der Waals surface area contributed by atoms with Crippen molar-refractivity contribution in [1.29, 1.82) is 0 Å². The number of benzene rings is 2. The van der Waals surface area contributed by atoms with Gasteiger partial charge in [0.05, 0.1) is 5.69 Å². The Morgan fingerprint density at radius 3 is 2.61 bits per heavy atom. The minimum Gasteiger partial charge on any atom is -0.438 e. The summed E-state index contributed by atoms with van der Waals surface area (Å²) in [7, 11) is 0. The van der Waals surface area contributed by atoms with Crippen molar-refractivity contribution in [2.24, 2.45) is 0 Å². The maximum absolute atomic E-state index is 6.31. The Labute approximate surface area is 175 Å². The van der Waals surface area contributed by atoms with Gasteiger partial charge in [-0.1, -0.05) is 47.6 Å². The minimum atomic E-state index is 0.719. The lowest BCUT2D eigenvalue weighted by molar-refractivity contribution is 0.436. The lowest BCUT2D eigenvalue weighted by Crippen LogP contribution is -2.10. The van der Waals surface area contributed by atoms with Crippen molar-refractivity contribution in [2.75, 3.05) is 0 Å². The number of fused-ring (bicyclic) bond motifs is 1. The topological polar surface area (TPSA) is 35.0 Å². The summed E-state index contributed by atoms with van der Waals surface area (Å²) in [6.07, 6.45) is 4.32. The molecule has 0 saturated carbocycles. The Hall–Kier alpha value is -2.04. The SMILES string of the molecule is Cc1cccc(Oc2nc(SCc3ccc(Cl)cc3)nc3c2CCCC3)c1C. The second-order valence-corrected chi connectivity index (χ2v) is 8.54. The standard InChI is InChI=1S/C23H23ClN2OS/c1-15-6-5-9-21(16(15)2)27-22-19-7-3-4-8-20(19)25-23(26-22)28-14-17-10-12-18(24)13-11-17/h5-6,9-13H,3-4,7-8,14H2,1-2H3. The zero-order valence-corrected chi connectivity index (χ0v) is 17.7. The number of aromatic nitrogens is 2. The molecule has 2 aromatic carbocycles. The molecule has 0 spiro atoms. The number of halogens is 1. The van der Waals surface area contributed by atoms with Gasteiger partial charge in [0.2, 0.25) is 5.88 Å². The first-order chi connectivity index (χ1) is 13.6. The fourth-order valence-electron chi connectivity index (χ4n) is 3.35. The van der Waals surface area contributed by atoms with E-state index in [0.29, 0.717) is 0 Å². The third-order valence-corrected chi connectivity index (χ3v) is 6.34. The molecule has 5 heteroatoms. The van der Waals surface area contributed by atoms with E-state index in [4.69, 9.17) is 26.3 Å². The van der Waals surface area contributed by atoms with Crippen LogP contribution < -0.4 is 4.74 Å². The normalized spacial score (nSPS) is 13.2. The molecule has 1 heterocycles. The summed E-state index contributed by atoms with van der Waals surface area (Å²) >= 11 is 7.62. The van der Waals surface area contributed by atoms with Gasteiger partial charge in [0.15, 0.2) is 5.16 Å². The molecule has 28 heavy (non-hydrogen) atoms. The highest BCUT2D eigenvalue weighted by Gasteiger charge is 2.20. The first kappa shape index (κ1) is 19.3. The van der Waals surface area contributed by atoms with Gasteiger partial charge in [-0.2, -0.15) is 4.98 Å². The van der Waals surface area contributed by atoms with Crippen LogP contribution in [-0.2, 0) is 18.6 Å². The number of ether oxygens (including phenoxy) is 1. The van der Waals surface area contributed by atoms with E-state index in [-0.39, 0.29) is 0 Å². The average Bonchev–Trinajstić information content (AvgIpc) is 2.71. The lowest BCUT2D eigenvalue weighted by Gasteiger charge is -2.19. The lowest BCUT2D eigenvalue weighted by atomic mass is 9.97. The molecule has 0 unspecified atom stereocenters. The van der Waals surface area contributed by atoms with Gasteiger partial charge in [-0.3, -0.25) is 0 Å². The molecule has 3 aromatic rings. The number of rotatable bonds is 5. The molecule has 0 amide bonds. The number of hydrogen-bond donors (Lipinski definition) is 0. The zero-order chi connectivity index (χ0) is 19.5. The number of thioether (sulfide) groups is 1. The van der Waals surface area contributed by atoms with Gasteiger partial charge in [0.1, 0.15) is 5.75 Å². The first-order valence-electron chi connectivity index (χ1n) is 9.61. The first-order valence-corrected chi connectivity index (χ1v) is 11.0. The van der Waals surface area contributed by atoms with Gasteiger partial charge in [0.25, 0.3) is 0 Å². The van der Waals surface area contributed by atoms with Crippen LogP contribution in [0.2, 0.25) is 5.02 Å². The maximum atomic E-state index is 6.31. The van der Waals surface area contributed by atoms with Crippen molar-refractivity contribution in [1.82, 2.24) is 9.97 Å². The fourth-order valence-corrected chi connectivity index (χ4v) is 4.29. The van der Waals surface area contributed by atoms with Crippen LogP contribution in [-0.4, -0.2) is 9.97 Å². The van der Waals surface area contributed by atoms with Gasteiger partial charge >= 0.3 is 0 Å². The van der Waals surface area contributed by atoms with Crippen molar-refractivity contribution in [2.45, 2.75) is 50.4 Å². The highest BCUT2D eigenvalue weighted by molar-refractivity contribution is 7.98. The van der Waals surface area contributed by atoms with E-state index < -0.39 is 0 Å². The summed E-state index contributed by atoms with van der Waals surface area (Å²) in [6, 6.07) is 14.1. The van der Waals surface area contributed by atoms with Gasteiger partial charge in [-0.25, -0.2) is 4.98 Å². The van der Waals surface area contributed by atoms with Crippen LogP contribution in [0.4, 0.5) is 0 Å². The van der Waals surface area contributed by atoms with Crippen molar-refractivity contribution in [3.8, 4) is 11.6 Å². The Morgan fingerprint density at radius 2 is 1.79 bits per heavy atom. The second-order valence-electron chi connectivity index (χ2n) is 7.16. The van der Waals surface area contributed by atoms with Gasteiger partial charge in [-0.15, -0.1) is 0 Å². The van der Waals surface area contributed by atoms with Crippen molar-refractivity contribution < 1.29 is 4.74 Å². The predicted octanol–water partition coefficient (Wildman–Crippen LogP) is 6.71. The molecule has 0 atom stereocenters. The van der Waals surface area contributed by atoms with Crippen LogP contribution in [0, 0.1) is 13.8 Å². The zero-order valence-electron chi connectivity index (χ0n) is 16.2. The molecule has 1 aliphatic carbocycles. The predicted molar refractivity (Wildman–Crippen MR) is 116 cm³/mol. The quantitative estimate of drug-likeness (QED) is 0.346. The third kappa shape index (κ3) is 4.34. The van der Waals surface area contributed by atoms with Crippen LogP contribution in [0.5, 0.6) is 11.6 Å². The summed E-state index contributed by atoms with van der Waals surface area (Å²) < 4.78 is 6.31. The highest BCUT2D eigenvalue weighted by atomic mass is 35.5. The van der Waals surface area contributed by atoms with Gasteiger partial charge in [-0.05, 0) is 74.4 Å². The molecule has 0 saturated heterocycles. The van der Waals surface area contributed by atoms with Crippen LogP contribution >= 0.6 is 23.4 Å². The average molecular weight is 411 g/mol. The molecular formula is C23H23ClN2OS. The molecular weight excluding hydrogens is 388 g/mol. The molecule has 0 N–H and O–H groups in total. The Balaban J connectivity index is 1.62. The van der Waals surface area contributed by atoms with E-state index in [1.54, 1.807) is 11.8 Å². The monoisotopic (exact) mass is 410 g/mol. The van der Waals surface area contributed by atoms with Crippen molar-refractivity contribution in [3.63, 3.8) is 0 Å². The summed E-state index contributed by atoms with van der Waals surface area (Å²) in [5, 5.41) is 1.53. The van der Waals surface area contributed by atoms with Gasteiger partial charge in [0, 0.05) is 16.3 Å². The number of aryl methyl sites for hydroxylation is 2. The summed E-state index contributed by atoms with van der Waals surface area (Å²) in [5.74, 6) is 2.40. The molecule has 0 fully saturated rings. The third-order valence-electron chi connectivity index (χ3n) is 5.17. The number of hydrogen-bond acceptors (Lipinski definition) is 4. The Kier molecular flexibility index (Phi) is 5.88. The molecule has 3 nitrogen and oxygen atoms in total. The second kappa shape index (κ2) is 8.54. The van der Waals surface area contributed by atoms with Crippen LogP contribution in [0.15, 0.2) is 47.6 Å². The van der Waals surface area contributed by atoms with Crippen LogP contribution in [0.25, 0.3) is 0 Å². The molecule has 4 rings (SSSR count). The van der Waals surface area contributed by atoms with E-state index in [9.17, 15) is 0 Å². The summed E-state index contributed by atoms with van der Waals surface area (Å²) in [4.78, 5) is 9.62. The van der Waals surface area contributed by atoms with E-state index >= 15 is 0 Å². The Bertz CT molecular complexity index is 989. The molecule has 0 aliphatic heterocycles. The molecule has 144 valence electrons. The molecule has 1 aliphatic rings. The summed E-state index contributed by atoms with van der Waals surface area (Å²) in [5.41, 5.74) is 5.88. The fraction of sp³-hybridized carbons (Fsp3) is 0.304. The smallest absolute Gasteiger partial charge is 0.226 e. The van der Waals surface area contributed by atoms with Crippen LogP contribution in [0.3, 0.4) is 0 Å². The van der Waals surface area contributed by atoms with E-state index in [0.717, 1.165) is 58.1 Å². The maximum Gasteiger partial charge on any atom is 0.226 e. The molecule has 0 bridgehead atoms. The highest BCUT2D eigenvalue weighted by Crippen LogP contribution is 2.34. The number of nitrogens with zero attached hydrogens (tertiary/aromatic N) is 2. The molecule has 1 aromatic heterocycles. The van der Waals surface area contributed by atoms with Crippen molar-refractivity contribution >= 4 is 23.4 Å².